The molecule has 0 spiro atoms. The van der Waals surface area contributed by atoms with E-state index in [-0.39, 0.29) is 0 Å². The van der Waals surface area contributed by atoms with Crippen LogP contribution >= 0.6 is 0 Å². The number of rotatable bonds is 1. The van der Waals surface area contributed by atoms with Gasteiger partial charge in [-0.25, -0.2) is 0 Å². The van der Waals surface area contributed by atoms with Crippen LogP contribution in [0, 0.1) is 13.8 Å². The molecule has 4 rings (SSSR count). The third kappa shape index (κ3) is 2.21. The van der Waals surface area contributed by atoms with Crippen molar-refractivity contribution in [2.75, 3.05) is 11.6 Å². The lowest BCUT2D eigenvalue weighted by molar-refractivity contribution is 0.290. The van der Waals surface area contributed by atoms with Gasteiger partial charge in [-0.15, -0.1) is 0 Å². The van der Waals surface area contributed by atoms with E-state index < -0.39 is 0 Å². The van der Waals surface area contributed by atoms with Crippen molar-refractivity contribution in [2.45, 2.75) is 20.4 Å². The quantitative estimate of drug-likeness (QED) is 0.637. The molecule has 3 aromatic rings. The topological polar surface area (TPSA) is 12.5 Å². The van der Waals surface area contributed by atoms with Gasteiger partial charge in [0.2, 0.25) is 0 Å². The van der Waals surface area contributed by atoms with E-state index in [1.807, 2.05) is 0 Å². The van der Waals surface area contributed by atoms with E-state index in [4.69, 9.17) is 4.74 Å². The minimum Gasteiger partial charge on any atom is -0.473 e. The van der Waals surface area contributed by atoms with E-state index in [9.17, 15) is 0 Å². The van der Waals surface area contributed by atoms with Crippen LogP contribution in [0.1, 0.15) is 16.7 Å². The largest absolute Gasteiger partial charge is 0.473 e. The van der Waals surface area contributed by atoms with E-state index in [0.717, 1.165) is 12.3 Å². The summed E-state index contributed by atoms with van der Waals surface area (Å²) in [7, 11) is 0. The van der Waals surface area contributed by atoms with Crippen LogP contribution in [0.4, 0.5) is 5.69 Å². The summed E-state index contributed by atoms with van der Waals surface area (Å²) in [5.74, 6) is 1.01. The lowest BCUT2D eigenvalue weighted by Crippen LogP contribution is -2.32. The number of nitrogens with zero attached hydrogens (tertiary/aromatic N) is 1. The zero-order chi connectivity index (χ0) is 15.1. The second-order valence-corrected chi connectivity index (χ2v) is 6.08. The molecule has 0 saturated carbocycles. The summed E-state index contributed by atoms with van der Waals surface area (Å²) in [5.41, 5.74) is 5.09. The number of hydrogen-bond donors (Lipinski definition) is 0. The zero-order valence-electron chi connectivity index (χ0n) is 13.0. The standard InChI is InChI=1S/C20H19NO/c1-14-9-15(2)11-17(10-14)21-12-19-18-6-4-3-5-16(18)7-8-20(19)22-13-21/h3-11H,12-13H2,1-2H3. The van der Waals surface area contributed by atoms with Gasteiger partial charge < -0.3 is 9.64 Å². The summed E-state index contributed by atoms with van der Waals surface area (Å²) >= 11 is 0. The van der Waals surface area contributed by atoms with Gasteiger partial charge in [0.25, 0.3) is 0 Å². The highest BCUT2D eigenvalue weighted by atomic mass is 16.5. The van der Waals surface area contributed by atoms with Crippen molar-refractivity contribution >= 4 is 16.5 Å². The molecule has 22 heavy (non-hydrogen) atoms. The number of benzene rings is 3. The van der Waals surface area contributed by atoms with E-state index in [1.54, 1.807) is 0 Å². The van der Waals surface area contributed by atoms with Gasteiger partial charge in [0.15, 0.2) is 6.73 Å². The fourth-order valence-electron chi connectivity index (χ4n) is 3.30. The number of ether oxygens (including phenoxy) is 1. The number of anilines is 1. The molecule has 1 aliphatic rings. The number of hydrogen-bond acceptors (Lipinski definition) is 2. The number of aryl methyl sites for hydroxylation is 2. The highest BCUT2D eigenvalue weighted by Crippen LogP contribution is 2.34. The summed E-state index contributed by atoms with van der Waals surface area (Å²) in [6.45, 7) is 5.78. The normalized spacial score (nSPS) is 13.8. The molecule has 0 radical (unpaired) electrons. The maximum absolute atomic E-state index is 6.00. The fourth-order valence-corrected chi connectivity index (χ4v) is 3.30. The zero-order valence-corrected chi connectivity index (χ0v) is 13.0. The molecule has 3 aromatic carbocycles. The smallest absolute Gasteiger partial charge is 0.161 e. The second kappa shape index (κ2) is 5.06. The Kier molecular flexibility index (Phi) is 3.04. The molecule has 0 N–H and O–H groups in total. The Morgan fingerprint density at radius 1 is 0.909 bits per heavy atom. The first-order valence-corrected chi connectivity index (χ1v) is 7.67. The van der Waals surface area contributed by atoms with Crippen molar-refractivity contribution in [1.82, 2.24) is 0 Å². The van der Waals surface area contributed by atoms with Crippen LogP contribution in [-0.2, 0) is 6.54 Å². The summed E-state index contributed by atoms with van der Waals surface area (Å²) < 4.78 is 6.00. The molecule has 0 amide bonds. The first kappa shape index (κ1) is 13.2. The van der Waals surface area contributed by atoms with E-state index in [2.05, 4.69) is 73.3 Å². The average molecular weight is 289 g/mol. The molecule has 0 aromatic heterocycles. The second-order valence-electron chi connectivity index (χ2n) is 6.08. The van der Waals surface area contributed by atoms with Crippen LogP contribution in [-0.4, -0.2) is 6.73 Å². The van der Waals surface area contributed by atoms with Crippen molar-refractivity contribution in [3.63, 3.8) is 0 Å². The van der Waals surface area contributed by atoms with Gasteiger partial charge in [-0.2, -0.15) is 0 Å². The molecule has 0 unspecified atom stereocenters. The van der Waals surface area contributed by atoms with Gasteiger partial charge in [0.05, 0.1) is 6.54 Å². The lowest BCUT2D eigenvalue weighted by Gasteiger charge is -2.32. The Hall–Kier alpha value is -2.48. The lowest BCUT2D eigenvalue weighted by atomic mass is 10.0. The van der Waals surface area contributed by atoms with Crippen LogP contribution < -0.4 is 9.64 Å². The van der Waals surface area contributed by atoms with Gasteiger partial charge in [-0.3, -0.25) is 0 Å². The van der Waals surface area contributed by atoms with E-state index in [0.29, 0.717) is 6.73 Å². The maximum atomic E-state index is 6.00. The van der Waals surface area contributed by atoms with Crippen molar-refractivity contribution in [2.24, 2.45) is 0 Å². The Bertz CT molecular complexity index is 833. The summed E-state index contributed by atoms with van der Waals surface area (Å²) in [5, 5.41) is 2.56. The van der Waals surface area contributed by atoms with Gasteiger partial charge >= 0.3 is 0 Å². The SMILES string of the molecule is Cc1cc(C)cc(N2COc3ccc4ccccc4c3C2)c1. The van der Waals surface area contributed by atoms with Crippen molar-refractivity contribution < 1.29 is 4.74 Å². The van der Waals surface area contributed by atoms with Crippen LogP contribution in [0.5, 0.6) is 5.75 Å². The van der Waals surface area contributed by atoms with Crippen molar-refractivity contribution in [1.29, 1.82) is 0 Å². The van der Waals surface area contributed by atoms with Gasteiger partial charge in [-0.05, 0) is 53.9 Å². The molecule has 0 saturated heterocycles. The Morgan fingerprint density at radius 3 is 2.50 bits per heavy atom. The summed E-state index contributed by atoms with van der Waals surface area (Å²) in [6, 6.07) is 19.4. The monoisotopic (exact) mass is 289 g/mol. The third-order valence-corrected chi connectivity index (χ3v) is 4.29. The molecule has 0 bridgehead atoms. The minimum absolute atomic E-state index is 0.605. The van der Waals surface area contributed by atoms with Crippen LogP contribution in [0.2, 0.25) is 0 Å². The fraction of sp³-hybridized carbons (Fsp3) is 0.200. The Morgan fingerprint density at radius 2 is 1.68 bits per heavy atom. The van der Waals surface area contributed by atoms with Gasteiger partial charge in [0.1, 0.15) is 5.75 Å². The summed E-state index contributed by atoms with van der Waals surface area (Å²) in [6.07, 6.45) is 0. The molecule has 2 heteroatoms. The van der Waals surface area contributed by atoms with E-state index in [1.165, 1.54) is 33.2 Å². The maximum Gasteiger partial charge on any atom is 0.161 e. The molecular weight excluding hydrogens is 270 g/mol. The van der Waals surface area contributed by atoms with E-state index >= 15 is 0 Å². The van der Waals surface area contributed by atoms with Crippen LogP contribution in [0.25, 0.3) is 10.8 Å². The minimum atomic E-state index is 0.605. The molecule has 0 aliphatic carbocycles. The number of fused-ring (bicyclic) bond motifs is 3. The predicted octanol–water partition coefficient (Wildman–Crippen LogP) is 4.81. The summed E-state index contributed by atoms with van der Waals surface area (Å²) in [4.78, 5) is 2.30. The first-order valence-electron chi connectivity index (χ1n) is 7.67. The Labute approximate surface area is 130 Å². The molecule has 1 heterocycles. The predicted molar refractivity (Wildman–Crippen MR) is 91.5 cm³/mol. The van der Waals surface area contributed by atoms with Crippen LogP contribution in [0.15, 0.2) is 54.6 Å². The average Bonchev–Trinajstić information content (AvgIpc) is 2.53. The van der Waals surface area contributed by atoms with Crippen molar-refractivity contribution in [3.05, 3.63) is 71.3 Å². The first-order chi connectivity index (χ1) is 10.7. The third-order valence-electron chi connectivity index (χ3n) is 4.29. The van der Waals surface area contributed by atoms with Gasteiger partial charge in [-0.1, -0.05) is 36.4 Å². The molecule has 1 aliphatic heterocycles. The molecule has 0 atom stereocenters. The van der Waals surface area contributed by atoms with Crippen LogP contribution in [0.3, 0.4) is 0 Å². The van der Waals surface area contributed by atoms with Crippen molar-refractivity contribution in [3.8, 4) is 5.75 Å². The van der Waals surface area contributed by atoms with Gasteiger partial charge in [0, 0.05) is 11.3 Å². The highest BCUT2D eigenvalue weighted by Gasteiger charge is 2.20. The highest BCUT2D eigenvalue weighted by molar-refractivity contribution is 5.88. The molecule has 0 fully saturated rings. The molecular formula is C20H19NO. The Balaban J connectivity index is 1.78. The molecule has 110 valence electrons. The molecule has 2 nitrogen and oxygen atoms in total.